The van der Waals surface area contributed by atoms with Crippen molar-refractivity contribution in [2.75, 3.05) is 0 Å². The van der Waals surface area contributed by atoms with Gasteiger partial charge in [0.25, 0.3) is 0 Å². The first-order valence-electron chi connectivity index (χ1n) is 5.95. The molecule has 3 rings (SSSR count). The summed E-state index contributed by atoms with van der Waals surface area (Å²) >= 11 is 0. The number of nitrogens with zero attached hydrogens (tertiary/aromatic N) is 2. The average Bonchev–Trinajstić information content (AvgIpc) is 2.91. The molecule has 3 nitrogen and oxygen atoms in total. The number of fused-ring (bicyclic) bond motifs is 1. The van der Waals surface area contributed by atoms with Crippen LogP contribution in [0.15, 0.2) is 61.2 Å². The second-order valence-electron chi connectivity index (χ2n) is 4.38. The lowest BCUT2D eigenvalue weighted by atomic mass is 10.0. The molecule has 0 spiro atoms. The van der Waals surface area contributed by atoms with Crippen molar-refractivity contribution >= 4 is 10.8 Å². The van der Waals surface area contributed by atoms with Gasteiger partial charge in [-0.2, -0.15) is 0 Å². The van der Waals surface area contributed by atoms with Crippen LogP contribution < -0.4 is 0 Å². The van der Waals surface area contributed by atoms with E-state index in [2.05, 4.69) is 17.1 Å². The molecule has 1 N–H and O–H groups in total. The van der Waals surface area contributed by atoms with E-state index in [0.717, 1.165) is 10.9 Å². The Morgan fingerprint density at radius 3 is 2.72 bits per heavy atom. The van der Waals surface area contributed by atoms with Crippen molar-refractivity contribution in [2.24, 2.45) is 0 Å². The molecule has 0 unspecified atom stereocenters. The summed E-state index contributed by atoms with van der Waals surface area (Å²) in [6, 6.07) is 14.2. The quantitative estimate of drug-likeness (QED) is 0.762. The molecule has 0 radical (unpaired) electrons. The van der Waals surface area contributed by atoms with Crippen molar-refractivity contribution in [3.8, 4) is 0 Å². The van der Waals surface area contributed by atoms with Gasteiger partial charge in [0.15, 0.2) is 0 Å². The Morgan fingerprint density at radius 2 is 1.94 bits per heavy atom. The number of aromatic nitrogens is 2. The largest absolute Gasteiger partial charge is 0.387 e. The lowest BCUT2D eigenvalue weighted by Gasteiger charge is -2.12. The molecule has 0 bridgehead atoms. The van der Waals surface area contributed by atoms with E-state index >= 15 is 0 Å². The van der Waals surface area contributed by atoms with E-state index in [9.17, 15) is 5.11 Å². The van der Waals surface area contributed by atoms with Crippen molar-refractivity contribution in [1.29, 1.82) is 0 Å². The molecule has 2 aromatic carbocycles. The molecule has 0 aliphatic heterocycles. The molecule has 0 saturated heterocycles. The summed E-state index contributed by atoms with van der Waals surface area (Å²) in [5, 5.41) is 12.5. The molecule has 0 fully saturated rings. The SMILES string of the molecule is O[C@@H](Cn1ccnc1)c1ccc2ccccc2c1. The van der Waals surface area contributed by atoms with E-state index in [1.165, 1.54) is 5.39 Å². The Morgan fingerprint density at radius 1 is 1.11 bits per heavy atom. The van der Waals surface area contributed by atoms with Crippen LogP contribution in [-0.4, -0.2) is 14.7 Å². The fraction of sp³-hybridized carbons (Fsp3) is 0.133. The van der Waals surface area contributed by atoms with Crippen LogP contribution in [0.5, 0.6) is 0 Å². The molecule has 3 aromatic rings. The van der Waals surface area contributed by atoms with Crippen LogP contribution in [0.4, 0.5) is 0 Å². The Bertz CT molecular complexity index is 646. The summed E-state index contributed by atoms with van der Waals surface area (Å²) in [7, 11) is 0. The molecular formula is C15H14N2O. The van der Waals surface area contributed by atoms with Gasteiger partial charge in [0.1, 0.15) is 0 Å². The molecular weight excluding hydrogens is 224 g/mol. The van der Waals surface area contributed by atoms with Gasteiger partial charge in [-0.1, -0.05) is 36.4 Å². The van der Waals surface area contributed by atoms with E-state index in [4.69, 9.17) is 0 Å². The number of aliphatic hydroxyl groups is 1. The van der Waals surface area contributed by atoms with Crippen LogP contribution in [0.25, 0.3) is 10.8 Å². The van der Waals surface area contributed by atoms with Gasteiger partial charge in [0.2, 0.25) is 0 Å². The zero-order valence-corrected chi connectivity index (χ0v) is 9.90. The summed E-state index contributed by atoms with van der Waals surface area (Å²) in [5.41, 5.74) is 0.933. The van der Waals surface area contributed by atoms with E-state index < -0.39 is 6.10 Å². The lowest BCUT2D eigenvalue weighted by molar-refractivity contribution is 0.156. The van der Waals surface area contributed by atoms with Crippen LogP contribution in [0.3, 0.4) is 0 Å². The number of aliphatic hydroxyl groups excluding tert-OH is 1. The van der Waals surface area contributed by atoms with Crippen molar-refractivity contribution in [3.05, 3.63) is 66.7 Å². The van der Waals surface area contributed by atoms with Gasteiger partial charge in [-0.25, -0.2) is 4.98 Å². The standard InChI is InChI=1S/C15H14N2O/c18-15(10-17-8-7-16-11-17)14-6-5-12-3-1-2-4-13(12)9-14/h1-9,11,15,18H,10H2/t15-/m0/s1. The summed E-state index contributed by atoms with van der Waals surface area (Å²) in [5.74, 6) is 0. The zero-order chi connectivity index (χ0) is 12.4. The van der Waals surface area contributed by atoms with Crippen LogP contribution in [0.2, 0.25) is 0 Å². The van der Waals surface area contributed by atoms with Gasteiger partial charge >= 0.3 is 0 Å². The third-order valence-electron chi connectivity index (χ3n) is 3.10. The molecule has 1 heterocycles. The number of rotatable bonds is 3. The van der Waals surface area contributed by atoms with Gasteiger partial charge in [-0.3, -0.25) is 0 Å². The monoisotopic (exact) mass is 238 g/mol. The fourth-order valence-corrected chi connectivity index (χ4v) is 2.11. The third kappa shape index (κ3) is 2.13. The normalized spacial score (nSPS) is 12.7. The highest BCUT2D eigenvalue weighted by Crippen LogP contribution is 2.21. The topological polar surface area (TPSA) is 38.0 Å². The maximum absolute atomic E-state index is 10.2. The highest BCUT2D eigenvalue weighted by molar-refractivity contribution is 5.83. The number of hydrogen-bond donors (Lipinski definition) is 1. The first-order chi connectivity index (χ1) is 8.83. The minimum atomic E-state index is -0.510. The van der Waals surface area contributed by atoms with Crippen molar-refractivity contribution in [1.82, 2.24) is 9.55 Å². The van der Waals surface area contributed by atoms with E-state index in [1.807, 2.05) is 41.1 Å². The third-order valence-corrected chi connectivity index (χ3v) is 3.10. The Labute approximate surface area is 105 Å². The predicted octanol–water partition coefficient (Wildman–Crippen LogP) is 2.77. The Kier molecular flexibility index (Phi) is 2.82. The summed E-state index contributed by atoms with van der Waals surface area (Å²) in [4.78, 5) is 3.97. The zero-order valence-electron chi connectivity index (χ0n) is 9.90. The molecule has 0 aliphatic rings. The summed E-state index contributed by atoms with van der Waals surface area (Å²) in [6.07, 6.45) is 4.77. The van der Waals surface area contributed by atoms with Crippen LogP contribution in [0, 0.1) is 0 Å². The van der Waals surface area contributed by atoms with E-state index in [1.54, 1.807) is 12.5 Å². The van der Waals surface area contributed by atoms with Gasteiger partial charge in [-0.15, -0.1) is 0 Å². The number of hydrogen-bond acceptors (Lipinski definition) is 2. The first-order valence-corrected chi connectivity index (χ1v) is 5.95. The predicted molar refractivity (Wildman–Crippen MR) is 71.1 cm³/mol. The molecule has 18 heavy (non-hydrogen) atoms. The highest BCUT2D eigenvalue weighted by Gasteiger charge is 2.08. The van der Waals surface area contributed by atoms with Crippen LogP contribution >= 0.6 is 0 Å². The molecule has 0 aliphatic carbocycles. The van der Waals surface area contributed by atoms with Crippen molar-refractivity contribution in [2.45, 2.75) is 12.6 Å². The summed E-state index contributed by atoms with van der Waals surface area (Å²) < 4.78 is 1.87. The molecule has 0 amide bonds. The van der Waals surface area contributed by atoms with E-state index in [-0.39, 0.29) is 0 Å². The maximum Gasteiger partial charge on any atom is 0.0969 e. The Balaban J connectivity index is 1.89. The molecule has 1 aromatic heterocycles. The van der Waals surface area contributed by atoms with E-state index in [0.29, 0.717) is 6.54 Å². The smallest absolute Gasteiger partial charge is 0.0969 e. The lowest BCUT2D eigenvalue weighted by Crippen LogP contribution is -2.06. The van der Waals surface area contributed by atoms with Crippen molar-refractivity contribution < 1.29 is 5.11 Å². The highest BCUT2D eigenvalue weighted by atomic mass is 16.3. The molecule has 3 heteroatoms. The average molecular weight is 238 g/mol. The van der Waals surface area contributed by atoms with Gasteiger partial charge in [0, 0.05) is 12.4 Å². The first kappa shape index (κ1) is 11.0. The Hall–Kier alpha value is -2.13. The molecule has 1 atom stereocenters. The minimum Gasteiger partial charge on any atom is -0.387 e. The molecule has 90 valence electrons. The summed E-state index contributed by atoms with van der Waals surface area (Å²) in [6.45, 7) is 0.526. The van der Waals surface area contributed by atoms with Gasteiger partial charge in [0.05, 0.1) is 19.0 Å². The molecule has 0 saturated carbocycles. The van der Waals surface area contributed by atoms with Crippen LogP contribution in [-0.2, 0) is 6.54 Å². The number of imidazole rings is 1. The number of benzene rings is 2. The van der Waals surface area contributed by atoms with Gasteiger partial charge in [-0.05, 0) is 22.4 Å². The minimum absolute atomic E-state index is 0.510. The second kappa shape index (κ2) is 4.63. The van der Waals surface area contributed by atoms with Crippen molar-refractivity contribution in [3.63, 3.8) is 0 Å². The van der Waals surface area contributed by atoms with Crippen LogP contribution in [0.1, 0.15) is 11.7 Å². The fourth-order valence-electron chi connectivity index (χ4n) is 2.11. The maximum atomic E-state index is 10.2. The van der Waals surface area contributed by atoms with Gasteiger partial charge < -0.3 is 9.67 Å². The second-order valence-corrected chi connectivity index (χ2v) is 4.38.